The second-order valence-corrected chi connectivity index (χ2v) is 13.8. The number of fused-ring (bicyclic) bond motifs is 12. The third-order valence-electron chi connectivity index (χ3n) is 10.1. The zero-order valence-electron chi connectivity index (χ0n) is 26.8. The normalized spacial score (nSPS) is 25.4. The van der Waals surface area contributed by atoms with Crippen LogP contribution in [0.3, 0.4) is 0 Å². The Morgan fingerprint density at radius 2 is 0.923 bits per heavy atom. The molecule has 0 radical (unpaired) electrons. The van der Waals surface area contributed by atoms with Gasteiger partial charge in [-0.1, -0.05) is 167 Å². The highest BCUT2D eigenvalue weighted by molar-refractivity contribution is 4.77. The summed E-state index contributed by atoms with van der Waals surface area (Å²) in [7, 11) is 0. The number of hydrogen-bond acceptors (Lipinski definition) is 2. The molecule has 0 aromatic heterocycles. The molecule has 3 aliphatic carbocycles. The average molecular weight is 549 g/mol. The van der Waals surface area contributed by atoms with Gasteiger partial charge in [0.25, 0.3) is 0 Å². The molecule has 0 aromatic carbocycles. The van der Waals surface area contributed by atoms with Crippen molar-refractivity contribution in [2.24, 2.45) is 11.8 Å². The zero-order valence-corrected chi connectivity index (χ0v) is 26.8. The molecule has 39 heavy (non-hydrogen) atoms. The van der Waals surface area contributed by atoms with E-state index in [1.54, 1.807) is 0 Å². The fourth-order valence-electron chi connectivity index (χ4n) is 7.48. The monoisotopic (exact) mass is 549 g/mol. The van der Waals surface area contributed by atoms with Gasteiger partial charge in [-0.3, -0.25) is 0 Å². The van der Waals surface area contributed by atoms with E-state index in [9.17, 15) is 5.11 Å². The average Bonchev–Trinajstić information content (AvgIpc) is 2.92. The maximum atomic E-state index is 10.8. The van der Waals surface area contributed by atoms with Gasteiger partial charge in [-0.2, -0.15) is 0 Å². The van der Waals surface area contributed by atoms with E-state index < -0.39 is 0 Å². The van der Waals surface area contributed by atoms with Gasteiger partial charge in [0.15, 0.2) is 0 Å². The SMILES string of the molecule is CCCCCCCCCCCCCCCCCCCCOC1CCC(O)CC2CCCCCC1CCCCC2. The Morgan fingerprint density at radius 1 is 0.487 bits per heavy atom. The van der Waals surface area contributed by atoms with Gasteiger partial charge in [0, 0.05) is 6.61 Å². The molecule has 0 heterocycles. The molecule has 3 rings (SSSR count). The van der Waals surface area contributed by atoms with Crippen LogP contribution in [-0.2, 0) is 4.74 Å². The molecule has 3 saturated carbocycles. The number of rotatable bonds is 20. The molecular weight excluding hydrogens is 476 g/mol. The highest BCUT2D eigenvalue weighted by Crippen LogP contribution is 2.32. The molecule has 2 bridgehead atoms. The van der Waals surface area contributed by atoms with Crippen LogP contribution in [0.25, 0.3) is 0 Å². The van der Waals surface area contributed by atoms with E-state index in [0.717, 1.165) is 37.7 Å². The van der Waals surface area contributed by atoms with Gasteiger partial charge in [-0.25, -0.2) is 0 Å². The van der Waals surface area contributed by atoms with Crippen molar-refractivity contribution in [2.45, 2.75) is 218 Å². The molecule has 232 valence electrons. The van der Waals surface area contributed by atoms with Crippen molar-refractivity contribution in [3.05, 3.63) is 0 Å². The Kier molecular flexibility index (Phi) is 23.1. The van der Waals surface area contributed by atoms with Crippen molar-refractivity contribution in [3.63, 3.8) is 0 Å². The van der Waals surface area contributed by atoms with Gasteiger partial charge in [0.05, 0.1) is 12.2 Å². The summed E-state index contributed by atoms with van der Waals surface area (Å²) < 4.78 is 6.61. The summed E-state index contributed by atoms with van der Waals surface area (Å²) in [6, 6.07) is 0. The van der Waals surface area contributed by atoms with Crippen molar-refractivity contribution in [3.8, 4) is 0 Å². The van der Waals surface area contributed by atoms with Crippen LogP contribution >= 0.6 is 0 Å². The van der Waals surface area contributed by atoms with E-state index in [0.29, 0.717) is 6.10 Å². The van der Waals surface area contributed by atoms with E-state index in [4.69, 9.17) is 4.74 Å². The first-order valence-electron chi connectivity index (χ1n) is 18.6. The number of unbranched alkanes of at least 4 members (excludes halogenated alkanes) is 17. The van der Waals surface area contributed by atoms with E-state index in [-0.39, 0.29) is 6.10 Å². The Hall–Kier alpha value is -0.0800. The number of aliphatic hydroxyl groups excluding tert-OH is 1. The lowest BCUT2D eigenvalue weighted by atomic mass is 9.82. The first-order chi connectivity index (χ1) is 19.3. The summed E-state index contributed by atoms with van der Waals surface area (Å²) in [5.74, 6) is 1.48. The predicted molar refractivity (Wildman–Crippen MR) is 172 cm³/mol. The Labute approximate surface area is 246 Å². The topological polar surface area (TPSA) is 29.5 Å². The Balaban J connectivity index is 1.46. The lowest BCUT2D eigenvalue weighted by molar-refractivity contribution is -0.0139. The van der Waals surface area contributed by atoms with Crippen LogP contribution < -0.4 is 0 Å². The van der Waals surface area contributed by atoms with Gasteiger partial charge >= 0.3 is 0 Å². The number of aliphatic hydroxyl groups is 1. The smallest absolute Gasteiger partial charge is 0.0604 e. The minimum Gasteiger partial charge on any atom is -0.393 e. The number of hydrogen-bond donors (Lipinski definition) is 1. The van der Waals surface area contributed by atoms with Crippen LogP contribution in [0, 0.1) is 11.8 Å². The van der Waals surface area contributed by atoms with Crippen LogP contribution in [0.4, 0.5) is 0 Å². The second kappa shape index (κ2) is 25.6. The molecule has 3 aliphatic rings. The van der Waals surface area contributed by atoms with Crippen molar-refractivity contribution in [2.75, 3.05) is 6.61 Å². The van der Waals surface area contributed by atoms with Crippen molar-refractivity contribution in [1.82, 2.24) is 0 Å². The summed E-state index contributed by atoms with van der Waals surface area (Å²) in [6.07, 6.45) is 42.7. The molecule has 0 aromatic rings. The van der Waals surface area contributed by atoms with Gasteiger partial charge in [-0.15, -0.1) is 0 Å². The molecule has 0 saturated heterocycles. The minimum absolute atomic E-state index is 0.106. The Bertz CT molecular complexity index is 492. The summed E-state index contributed by atoms with van der Waals surface area (Å²) in [4.78, 5) is 0. The van der Waals surface area contributed by atoms with E-state index >= 15 is 0 Å². The van der Waals surface area contributed by atoms with Gasteiger partial charge < -0.3 is 9.84 Å². The van der Waals surface area contributed by atoms with Crippen LogP contribution in [0.1, 0.15) is 206 Å². The highest BCUT2D eigenvalue weighted by Gasteiger charge is 2.25. The minimum atomic E-state index is -0.106. The standard InChI is InChI=1S/C37H72O2/c1-2-3-4-5-6-7-8-9-10-11-12-13-14-15-16-17-18-25-32-39-37-31-30-36(38)33-34-26-21-19-23-28-35(37)29-24-20-22-27-34/h34-38H,2-33H2,1H3. The molecule has 3 fully saturated rings. The first-order valence-corrected chi connectivity index (χ1v) is 18.6. The fraction of sp³-hybridized carbons (Fsp3) is 1.00. The van der Waals surface area contributed by atoms with Crippen molar-refractivity contribution >= 4 is 0 Å². The van der Waals surface area contributed by atoms with Gasteiger partial charge in [0.1, 0.15) is 0 Å². The van der Waals surface area contributed by atoms with Crippen molar-refractivity contribution < 1.29 is 9.84 Å². The van der Waals surface area contributed by atoms with Crippen LogP contribution in [0.15, 0.2) is 0 Å². The largest absolute Gasteiger partial charge is 0.393 e. The molecule has 1 N–H and O–H groups in total. The lowest BCUT2D eigenvalue weighted by Gasteiger charge is -2.31. The molecule has 2 atom stereocenters. The third-order valence-corrected chi connectivity index (χ3v) is 10.1. The molecule has 2 unspecified atom stereocenters. The quantitative estimate of drug-likeness (QED) is 0.153. The van der Waals surface area contributed by atoms with Crippen molar-refractivity contribution in [1.29, 1.82) is 0 Å². The van der Waals surface area contributed by atoms with Crippen LogP contribution in [0.2, 0.25) is 0 Å². The number of ether oxygens (including phenoxy) is 1. The summed E-state index contributed by atoms with van der Waals surface area (Å²) in [5, 5.41) is 10.8. The van der Waals surface area contributed by atoms with E-state index in [1.165, 1.54) is 180 Å². The highest BCUT2D eigenvalue weighted by atomic mass is 16.5. The maximum Gasteiger partial charge on any atom is 0.0604 e. The molecular formula is C37H72O2. The third kappa shape index (κ3) is 19.6. The van der Waals surface area contributed by atoms with Gasteiger partial charge in [0.2, 0.25) is 0 Å². The maximum absolute atomic E-state index is 10.8. The molecule has 0 amide bonds. The first kappa shape index (κ1) is 35.1. The predicted octanol–water partition coefficient (Wildman–Crippen LogP) is 12.1. The van der Waals surface area contributed by atoms with E-state index in [2.05, 4.69) is 6.92 Å². The summed E-state index contributed by atoms with van der Waals surface area (Å²) >= 11 is 0. The fourth-order valence-corrected chi connectivity index (χ4v) is 7.48. The van der Waals surface area contributed by atoms with Crippen LogP contribution in [0.5, 0.6) is 0 Å². The zero-order chi connectivity index (χ0) is 27.6. The second-order valence-electron chi connectivity index (χ2n) is 13.8. The molecule has 2 nitrogen and oxygen atoms in total. The van der Waals surface area contributed by atoms with E-state index in [1.807, 2.05) is 0 Å². The van der Waals surface area contributed by atoms with Gasteiger partial charge in [-0.05, 0) is 50.4 Å². The molecule has 0 spiro atoms. The van der Waals surface area contributed by atoms with Crippen LogP contribution in [-0.4, -0.2) is 23.9 Å². The molecule has 0 aliphatic heterocycles. The summed E-state index contributed by atoms with van der Waals surface area (Å²) in [6.45, 7) is 3.25. The lowest BCUT2D eigenvalue weighted by Crippen LogP contribution is -2.28. The molecule has 2 heteroatoms. The Morgan fingerprint density at radius 3 is 1.41 bits per heavy atom. The summed E-state index contributed by atoms with van der Waals surface area (Å²) in [5.41, 5.74) is 0.